The summed E-state index contributed by atoms with van der Waals surface area (Å²) >= 11 is 0. The number of carbonyl (C=O) groups is 2. The molecule has 39 heavy (non-hydrogen) atoms. The third-order valence-corrected chi connectivity index (χ3v) is 6.68. The van der Waals surface area contributed by atoms with Gasteiger partial charge >= 0.3 is 12.1 Å². The van der Waals surface area contributed by atoms with Crippen molar-refractivity contribution in [1.29, 1.82) is 0 Å². The number of hydrogen-bond donors (Lipinski definition) is 1. The molecule has 0 saturated heterocycles. The van der Waals surface area contributed by atoms with Gasteiger partial charge in [-0.15, -0.1) is 0 Å². The average molecular weight is 542 g/mol. The van der Waals surface area contributed by atoms with Gasteiger partial charge in [0.05, 0.1) is 25.7 Å². The van der Waals surface area contributed by atoms with E-state index in [0.717, 1.165) is 39.9 Å². The Morgan fingerprint density at radius 2 is 1.51 bits per heavy atom. The zero-order chi connectivity index (χ0) is 28.7. The standard InChI is InChI=1S/C31H34F3NO4/c1-19(2)27(22-6-8-24(9-7-22)30(37)35-15-14-28(36)38-5)18-39-26-16-20(3)29(21(4)17-26)23-10-12-25(13-11-23)31(32,33)34/h6-13,16-17,19,27H,14-15,18H2,1-5H3,(H,35,37). The van der Waals surface area contributed by atoms with E-state index >= 15 is 0 Å². The van der Waals surface area contributed by atoms with E-state index < -0.39 is 11.7 Å². The van der Waals surface area contributed by atoms with Gasteiger partial charge in [-0.25, -0.2) is 0 Å². The van der Waals surface area contributed by atoms with Gasteiger partial charge in [0.15, 0.2) is 0 Å². The molecule has 8 heteroatoms. The number of benzene rings is 3. The van der Waals surface area contributed by atoms with Crippen LogP contribution in [0.2, 0.25) is 0 Å². The molecule has 0 aliphatic carbocycles. The van der Waals surface area contributed by atoms with Crippen LogP contribution in [0.3, 0.4) is 0 Å². The van der Waals surface area contributed by atoms with Gasteiger partial charge in [0.25, 0.3) is 5.91 Å². The number of esters is 1. The van der Waals surface area contributed by atoms with E-state index in [-0.39, 0.29) is 36.7 Å². The molecule has 1 N–H and O–H groups in total. The second kappa shape index (κ2) is 12.8. The fourth-order valence-corrected chi connectivity index (χ4v) is 4.51. The highest BCUT2D eigenvalue weighted by atomic mass is 19.4. The number of amides is 1. The van der Waals surface area contributed by atoms with Gasteiger partial charge < -0.3 is 14.8 Å². The second-order valence-electron chi connectivity index (χ2n) is 9.87. The van der Waals surface area contributed by atoms with E-state index in [2.05, 4.69) is 23.9 Å². The number of carbonyl (C=O) groups excluding carboxylic acids is 2. The molecule has 0 aromatic heterocycles. The molecule has 0 bridgehead atoms. The third kappa shape index (κ3) is 7.85. The van der Waals surface area contributed by atoms with Gasteiger partial charge in [0.2, 0.25) is 0 Å². The van der Waals surface area contributed by atoms with E-state index in [4.69, 9.17) is 4.74 Å². The molecule has 208 valence electrons. The van der Waals surface area contributed by atoms with Gasteiger partial charge in [-0.2, -0.15) is 13.2 Å². The summed E-state index contributed by atoms with van der Waals surface area (Å²) in [5, 5.41) is 2.70. The predicted molar refractivity (Wildman–Crippen MR) is 145 cm³/mol. The Labute approximate surface area is 227 Å². The number of alkyl halides is 3. The SMILES string of the molecule is COC(=O)CCNC(=O)c1ccc(C(COc2cc(C)c(-c3ccc(C(F)(F)F)cc3)c(C)c2)C(C)C)cc1. The Hall–Kier alpha value is -3.81. The number of nitrogens with one attached hydrogen (secondary N) is 1. The number of ether oxygens (including phenoxy) is 2. The Balaban J connectivity index is 1.69. The van der Waals surface area contributed by atoms with Crippen LogP contribution >= 0.6 is 0 Å². The number of methoxy groups -OCH3 is 1. The van der Waals surface area contributed by atoms with E-state index in [9.17, 15) is 22.8 Å². The molecule has 3 aromatic carbocycles. The normalized spacial score (nSPS) is 12.2. The first-order chi connectivity index (χ1) is 18.4. The molecule has 1 amide bonds. The van der Waals surface area contributed by atoms with Gasteiger partial charge in [-0.1, -0.05) is 38.1 Å². The lowest BCUT2D eigenvalue weighted by Crippen LogP contribution is -2.26. The van der Waals surface area contributed by atoms with Crippen molar-refractivity contribution >= 4 is 11.9 Å². The summed E-state index contributed by atoms with van der Waals surface area (Å²) < 4.78 is 49.6. The number of halogens is 3. The van der Waals surface area contributed by atoms with E-state index in [1.807, 2.05) is 38.1 Å². The maximum Gasteiger partial charge on any atom is 0.416 e. The molecule has 0 heterocycles. The molecular formula is C31H34F3NO4. The molecule has 0 aliphatic heterocycles. The minimum atomic E-state index is -4.37. The van der Waals surface area contributed by atoms with Gasteiger partial charge in [0.1, 0.15) is 5.75 Å². The zero-order valence-electron chi connectivity index (χ0n) is 22.8. The molecule has 0 spiro atoms. The van der Waals surface area contributed by atoms with E-state index in [1.165, 1.54) is 19.2 Å². The van der Waals surface area contributed by atoms with Crippen LogP contribution in [0.15, 0.2) is 60.7 Å². The smallest absolute Gasteiger partial charge is 0.416 e. The van der Waals surface area contributed by atoms with Crippen LogP contribution in [0.4, 0.5) is 13.2 Å². The first-order valence-corrected chi connectivity index (χ1v) is 12.8. The van der Waals surface area contributed by atoms with Gasteiger partial charge in [0, 0.05) is 18.0 Å². The summed E-state index contributed by atoms with van der Waals surface area (Å²) in [5.74, 6) is 0.370. The number of aryl methyl sites for hydroxylation is 2. The van der Waals surface area contributed by atoms with Crippen molar-refractivity contribution in [3.8, 4) is 16.9 Å². The van der Waals surface area contributed by atoms with E-state index in [1.54, 1.807) is 12.1 Å². The minimum absolute atomic E-state index is 0.0663. The lowest BCUT2D eigenvalue weighted by Gasteiger charge is -2.23. The molecule has 0 fully saturated rings. The fourth-order valence-electron chi connectivity index (χ4n) is 4.51. The summed E-state index contributed by atoms with van der Waals surface area (Å²) in [6, 6.07) is 16.3. The topological polar surface area (TPSA) is 64.6 Å². The third-order valence-electron chi connectivity index (χ3n) is 6.68. The maximum absolute atomic E-state index is 12.9. The second-order valence-corrected chi connectivity index (χ2v) is 9.87. The molecule has 0 radical (unpaired) electrons. The van der Waals surface area contributed by atoms with Crippen LogP contribution in [0.25, 0.3) is 11.1 Å². The Morgan fingerprint density at radius 1 is 0.923 bits per heavy atom. The highest BCUT2D eigenvalue weighted by molar-refractivity contribution is 5.94. The van der Waals surface area contributed by atoms with Crippen molar-refractivity contribution in [3.05, 3.63) is 88.5 Å². The highest BCUT2D eigenvalue weighted by Crippen LogP contribution is 2.35. The summed E-state index contributed by atoms with van der Waals surface area (Å²) in [6.45, 7) is 8.66. The molecule has 0 saturated carbocycles. The summed E-state index contributed by atoms with van der Waals surface area (Å²) in [5.41, 5.74) is 4.29. The largest absolute Gasteiger partial charge is 0.493 e. The lowest BCUT2D eigenvalue weighted by atomic mass is 9.88. The van der Waals surface area contributed by atoms with Crippen molar-refractivity contribution in [2.45, 2.75) is 46.2 Å². The highest BCUT2D eigenvalue weighted by Gasteiger charge is 2.30. The fraction of sp³-hybridized carbons (Fsp3) is 0.355. The first-order valence-electron chi connectivity index (χ1n) is 12.8. The molecule has 0 aliphatic rings. The maximum atomic E-state index is 12.9. The lowest BCUT2D eigenvalue weighted by molar-refractivity contribution is -0.140. The number of rotatable bonds is 10. The molecule has 3 rings (SSSR count). The quantitative estimate of drug-likeness (QED) is 0.278. The van der Waals surface area contributed by atoms with Crippen LogP contribution in [0, 0.1) is 19.8 Å². The Morgan fingerprint density at radius 3 is 2.03 bits per heavy atom. The monoisotopic (exact) mass is 541 g/mol. The Kier molecular flexibility index (Phi) is 9.78. The van der Waals surface area contributed by atoms with Crippen molar-refractivity contribution in [2.24, 2.45) is 5.92 Å². The van der Waals surface area contributed by atoms with Crippen LogP contribution in [-0.2, 0) is 15.7 Å². The van der Waals surface area contributed by atoms with Gasteiger partial charge in [-0.3, -0.25) is 9.59 Å². The van der Waals surface area contributed by atoms with Crippen LogP contribution in [0.5, 0.6) is 5.75 Å². The molecule has 1 atom stereocenters. The zero-order valence-corrected chi connectivity index (χ0v) is 22.8. The minimum Gasteiger partial charge on any atom is -0.493 e. The van der Waals surface area contributed by atoms with Crippen molar-refractivity contribution in [1.82, 2.24) is 5.32 Å². The first kappa shape index (κ1) is 29.7. The van der Waals surface area contributed by atoms with Crippen LogP contribution < -0.4 is 10.1 Å². The van der Waals surface area contributed by atoms with Crippen LogP contribution in [-0.4, -0.2) is 32.1 Å². The van der Waals surface area contributed by atoms with Gasteiger partial charge in [-0.05, 0) is 84.0 Å². The Bertz CT molecular complexity index is 1260. The number of hydrogen-bond acceptors (Lipinski definition) is 4. The van der Waals surface area contributed by atoms with Crippen molar-refractivity contribution in [2.75, 3.05) is 20.3 Å². The summed E-state index contributed by atoms with van der Waals surface area (Å²) in [6.07, 6.45) is -4.26. The van der Waals surface area contributed by atoms with Crippen molar-refractivity contribution < 1.29 is 32.2 Å². The molecular weight excluding hydrogens is 507 g/mol. The van der Waals surface area contributed by atoms with Crippen molar-refractivity contribution in [3.63, 3.8) is 0 Å². The molecule has 1 unspecified atom stereocenters. The molecule has 3 aromatic rings. The average Bonchev–Trinajstić information content (AvgIpc) is 2.88. The summed E-state index contributed by atoms with van der Waals surface area (Å²) in [7, 11) is 1.30. The predicted octanol–water partition coefficient (Wildman–Crippen LogP) is 7.10. The van der Waals surface area contributed by atoms with E-state index in [0.29, 0.717) is 17.9 Å². The molecule has 5 nitrogen and oxygen atoms in total. The summed E-state index contributed by atoms with van der Waals surface area (Å²) in [4.78, 5) is 23.6. The van der Waals surface area contributed by atoms with Crippen LogP contribution in [0.1, 0.15) is 58.8 Å².